The Morgan fingerprint density at radius 2 is 1.86 bits per heavy atom. The zero-order valence-electron chi connectivity index (χ0n) is 14.1. The van der Waals surface area contributed by atoms with Gasteiger partial charge in [-0.05, 0) is 54.2 Å². The van der Waals surface area contributed by atoms with Crippen molar-refractivity contribution >= 4 is 0 Å². The second-order valence-electron chi connectivity index (χ2n) is 7.92. The molecule has 0 saturated heterocycles. The van der Waals surface area contributed by atoms with Crippen molar-refractivity contribution in [3.63, 3.8) is 0 Å². The van der Waals surface area contributed by atoms with Crippen LogP contribution in [-0.2, 0) is 0 Å². The molecule has 1 saturated carbocycles. The molecule has 1 aromatic rings. The van der Waals surface area contributed by atoms with Crippen molar-refractivity contribution in [2.75, 3.05) is 13.7 Å². The van der Waals surface area contributed by atoms with E-state index < -0.39 is 0 Å². The maximum Gasteiger partial charge on any atom is 0.122 e. The molecule has 116 valence electrons. The molecule has 2 heteroatoms. The van der Waals surface area contributed by atoms with Crippen LogP contribution in [0.2, 0.25) is 0 Å². The minimum Gasteiger partial charge on any atom is -0.493 e. The van der Waals surface area contributed by atoms with Crippen molar-refractivity contribution < 1.29 is 4.74 Å². The van der Waals surface area contributed by atoms with E-state index in [4.69, 9.17) is 4.74 Å². The standard InChI is InChI=1S/C19H29NO/c1-18(2)17(19(18,3)4)15(20-5)12-13-10-11-21-16-9-7-6-8-14(13)16/h6-9,13,15,17,20H,10-12H2,1-5H3. The number of rotatable bonds is 4. The van der Waals surface area contributed by atoms with E-state index in [9.17, 15) is 0 Å². The van der Waals surface area contributed by atoms with Gasteiger partial charge in [0, 0.05) is 6.04 Å². The molecule has 1 aromatic carbocycles. The van der Waals surface area contributed by atoms with Crippen LogP contribution in [0.5, 0.6) is 5.75 Å². The normalized spacial score (nSPS) is 27.6. The van der Waals surface area contributed by atoms with Gasteiger partial charge in [0.1, 0.15) is 5.75 Å². The van der Waals surface area contributed by atoms with E-state index in [1.807, 2.05) is 0 Å². The van der Waals surface area contributed by atoms with E-state index in [1.165, 1.54) is 12.0 Å². The highest BCUT2D eigenvalue weighted by Crippen LogP contribution is 2.70. The van der Waals surface area contributed by atoms with E-state index in [0.29, 0.717) is 22.8 Å². The lowest BCUT2D eigenvalue weighted by molar-refractivity contribution is 0.248. The summed E-state index contributed by atoms with van der Waals surface area (Å²) in [5, 5.41) is 3.61. The Morgan fingerprint density at radius 1 is 1.19 bits per heavy atom. The van der Waals surface area contributed by atoms with Gasteiger partial charge in [0.15, 0.2) is 0 Å². The summed E-state index contributed by atoms with van der Waals surface area (Å²) in [4.78, 5) is 0. The molecule has 21 heavy (non-hydrogen) atoms. The second kappa shape index (κ2) is 5.01. The fourth-order valence-electron chi connectivity index (χ4n) is 4.64. The molecule has 1 aliphatic carbocycles. The molecule has 0 bridgehead atoms. The topological polar surface area (TPSA) is 21.3 Å². The van der Waals surface area contributed by atoms with Gasteiger partial charge in [-0.1, -0.05) is 45.9 Å². The van der Waals surface area contributed by atoms with E-state index in [-0.39, 0.29) is 0 Å². The van der Waals surface area contributed by atoms with Crippen LogP contribution >= 0.6 is 0 Å². The summed E-state index contributed by atoms with van der Waals surface area (Å²) in [5.41, 5.74) is 2.27. The summed E-state index contributed by atoms with van der Waals surface area (Å²) in [5.74, 6) is 2.47. The summed E-state index contributed by atoms with van der Waals surface area (Å²) in [6, 6.07) is 9.16. The zero-order valence-corrected chi connectivity index (χ0v) is 14.1. The Hall–Kier alpha value is -1.02. The molecule has 0 amide bonds. The van der Waals surface area contributed by atoms with Crippen molar-refractivity contribution in [2.45, 2.75) is 52.5 Å². The lowest BCUT2D eigenvalue weighted by Gasteiger charge is -2.30. The Morgan fingerprint density at radius 3 is 2.48 bits per heavy atom. The summed E-state index contributed by atoms with van der Waals surface area (Å²) in [7, 11) is 2.13. The molecule has 2 nitrogen and oxygen atoms in total. The molecule has 2 atom stereocenters. The van der Waals surface area contributed by atoms with Gasteiger partial charge in [-0.2, -0.15) is 0 Å². The second-order valence-corrected chi connectivity index (χ2v) is 7.92. The highest BCUT2D eigenvalue weighted by Gasteiger charge is 2.66. The molecule has 1 N–H and O–H groups in total. The van der Waals surface area contributed by atoms with Crippen molar-refractivity contribution in [1.82, 2.24) is 5.32 Å². The average molecular weight is 287 g/mol. The maximum absolute atomic E-state index is 5.81. The first-order valence-electron chi connectivity index (χ1n) is 8.28. The van der Waals surface area contributed by atoms with Gasteiger partial charge in [-0.3, -0.25) is 0 Å². The smallest absolute Gasteiger partial charge is 0.122 e. The van der Waals surface area contributed by atoms with Crippen LogP contribution in [0.4, 0.5) is 0 Å². The minimum absolute atomic E-state index is 0.436. The number of fused-ring (bicyclic) bond motifs is 1. The van der Waals surface area contributed by atoms with Crippen LogP contribution < -0.4 is 10.1 Å². The first kappa shape index (κ1) is 14.9. The third-order valence-corrected chi connectivity index (χ3v) is 6.53. The Balaban J connectivity index is 1.78. The fraction of sp³-hybridized carbons (Fsp3) is 0.684. The molecule has 2 unspecified atom stereocenters. The van der Waals surface area contributed by atoms with Crippen molar-refractivity contribution in [1.29, 1.82) is 0 Å². The summed E-state index contributed by atoms with van der Waals surface area (Å²) < 4.78 is 5.81. The third kappa shape index (κ3) is 2.28. The first-order valence-corrected chi connectivity index (χ1v) is 8.28. The van der Waals surface area contributed by atoms with Gasteiger partial charge < -0.3 is 10.1 Å². The van der Waals surface area contributed by atoms with Crippen molar-refractivity contribution in [3.8, 4) is 5.75 Å². The highest BCUT2D eigenvalue weighted by atomic mass is 16.5. The SMILES string of the molecule is CNC(CC1CCOc2ccccc21)C1C(C)(C)C1(C)C. The molecular formula is C19H29NO. The Bertz CT molecular complexity index is 506. The van der Waals surface area contributed by atoms with Gasteiger partial charge in [0.2, 0.25) is 0 Å². The van der Waals surface area contributed by atoms with Crippen LogP contribution in [0.3, 0.4) is 0 Å². The molecule has 2 aliphatic rings. The molecule has 0 aromatic heterocycles. The number of ether oxygens (including phenoxy) is 1. The third-order valence-electron chi connectivity index (χ3n) is 6.53. The van der Waals surface area contributed by atoms with Crippen LogP contribution in [0.15, 0.2) is 24.3 Å². The summed E-state index contributed by atoms with van der Waals surface area (Å²) >= 11 is 0. The van der Waals surface area contributed by atoms with Gasteiger partial charge >= 0.3 is 0 Å². The van der Waals surface area contributed by atoms with E-state index >= 15 is 0 Å². The van der Waals surface area contributed by atoms with Gasteiger partial charge in [0.05, 0.1) is 6.61 Å². The summed E-state index contributed by atoms with van der Waals surface area (Å²) in [6.07, 6.45) is 2.36. The van der Waals surface area contributed by atoms with Crippen molar-refractivity contribution in [3.05, 3.63) is 29.8 Å². The lowest BCUT2D eigenvalue weighted by Crippen LogP contribution is -2.33. The molecule has 3 rings (SSSR count). The molecule has 0 radical (unpaired) electrons. The van der Waals surface area contributed by atoms with Crippen LogP contribution in [0.1, 0.15) is 52.0 Å². The molecule has 1 heterocycles. The van der Waals surface area contributed by atoms with Crippen molar-refractivity contribution in [2.24, 2.45) is 16.7 Å². The van der Waals surface area contributed by atoms with Crippen LogP contribution in [0, 0.1) is 16.7 Å². The fourth-order valence-corrected chi connectivity index (χ4v) is 4.64. The minimum atomic E-state index is 0.436. The van der Waals surface area contributed by atoms with E-state index in [2.05, 4.69) is 64.3 Å². The number of nitrogens with one attached hydrogen (secondary N) is 1. The Labute approximate surface area is 129 Å². The van der Waals surface area contributed by atoms with Gasteiger partial charge in [0.25, 0.3) is 0 Å². The van der Waals surface area contributed by atoms with E-state index in [0.717, 1.165) is 24.7 Å². The van der Waals surface area contributed by atoms with Crippen LogP contribution in [-0.4, -0.2) is 19.7 Å². The Kier molecular flexibility index (Phi) is 3.56. The number of benzene rings is 1. The summed E-state index contributed by atoms with van der Waals surface area (Å²) in [6.45, 7) is 10.5. The number of hydrogen-bond donors (Lipinski definition) is 1. The average Bonchev–Trinajstić information content (AvgIpc) is 2.87. The first-order chi connectivity index (χ1) is 9.89. The number of para-hydroxylation sites is 1. The zero-order chi connectivity index (χ0) is 15.3. The molecular weight excluding hydrogens is 258 g/mol. The van der Waals surface area contributed by atoms with E-state index in [1.54, 1.807) is 0 Å². The highest BCUT2D eigenvalue weighted by molar-refractivity contribution is 5.38. The predicted octanol–water partition coefficient (Wildman–Crippen LogP) is 4.21. The number of hydrogen-bond acceptors (Lipinski definition) is 2. The maximum atomic E-state index is 5.81. The predicted molar refractivity (Wildman–Crippen MR) is 87.8 cm³/mol. The quantitative estimate of drug-likeness (QED) is 0.895. The lowest BCUT2D eigenvalue weighted by atomic mass is 9.85. The van der Waals surface area contributed by atoms with Gasteiger partial charge in [-0.15, -0.1) is 0 Å². The monoisotopic (exact) mass is 287 g/mol. The molecule has 1 aliphatic heterocycles. The molecule has 0 spiro atoms. The molecule has 1 fully saturated rings. The van der Waals surface area contributed by atoms with Gasteiger partial charge in [-0.25, -0.2) is 0 Å². The van der Waals surface area contributed by atoms with Crippen LogP contribution in [0.25, 0.3) is 0 Å². The largest absolute Gasteiger partial charge is 0.493 e.